The van der Waals surface area contributed by atoms with E-state index in [4.69, 9.17) is 0 Å². The molecule has 0 aromatic heterocycles. The maximum Gasteiger partial charge on any atom is 0 e. The van der Waals surface area contributed by atoms with Crippen LogP contribution < -0.4 is 12.3 Å². The van der Waals surface area contributed by atoms with Crippen LogP contribution in [0.2, 0.25) is 0 Å². The fourth-order valence-electron chi connectivity index (χ4n) is 0. The van der Waals surface area contributed by atoms with Crippen molar-refractivity contribution in [3.8, 4) is 0 Å². The van der Waals surface area contributed by atoms with Crippen LogP contribution in [0.1, 0.15) is 0 Å². The Morgan fingerprint density at radius 1 is 0.500 bits per heavy atom. The third kappa shape index (κ3) is 12.3. The molecule has 0 saturated carbocycles. The molecular formula is H6Cu2N2. The van der Waals surface area contributed by atoms with Gasteiger partial charge in [-0.1, -0.05) is 0 Å². The first-order valence-corrected chi connectivity index (χ1v) is 0. The molecule has 0 aliphatic carbocycles. The van der Waals surface area contributed by atoms with Crippen molar-refractivity contribution in [2.45, 2.75) is 0 Å². The zero-order valence-corrected chi connectivity index (χ0v) is 3.90. The molecule has 38 valence electrons. The van der Waals surface area contributed by atoms with Crippen LogP contribution in [0, 0.1) is 0 Å². The molecule has 0 amide bonds. The Kier molecular flexibility index (Phi) is 796. The maximum absolute atomic E-state index is 0. The van der Waals surface area contributed by atoms with Crippen LogP contribution in [-0.2, 0) is 34.1 Å². The van der Waals surface area contributed by atoms with E-state index in [0.717, 1.165) is 0 Å². The molecule has 0 unspecified atom stereocenters. The minimum Gasteiger partial charge on any atom is -0.344 e. The molecule has 0 saturated heterocycles. The molecule has 0 atom stereocenters. The van der Waals surface area contributed by atoms with E-state index in [9.17, 15) is 0 Å². The van der Waals surface area contributed by atoms with Gasteiger partial charge in [0.15, 0.2) is 0 Å². The summed E-state index contributed by atoms with van der Waals surface area (Å²) in [5, 5.41) is 0. The van der Waals surface area contributed by atoms with E-state index < -0.39 is 0 Å². The van der Waals surface area contributed by atoms with Crippen molar-refractivity contribution in [2.24, 2.45) is 0 Å². The fraction of sp³-hybridized carbons (Fsp3) is 0. The predicted molar refractivity (Wildman–Crippen MR) is 10.0 cm³/mol. The monoisotopic (exact) mass is 160 g/mol. The normalized spacial score (nSPS) is 0. The van der Waals surface area contributed by atoms with Gasteiger partial charge < -0.3 is 12.3 Å². The molecule has 6 N–H and O–H groups in total. The van der Waals surface area contributed by atoms with Crippen molar-refractivity contribution < 1.29 is 34.1 Å². The number of hydrogen-bond acceptors (Lipinski definition) is 2. The number of rotatable bonds is 0. The Bertz CT molecular complexity index is 4.00. The van der Waals surface area contributed by atoms with E-state index in [1.807, 2.05) is 0 Å². The SMILES string of the molecule is N.N.[Cu].[Cu]. The molecule has 4 heteroatoms. The molecule has 0 aliphatic rings. The third-order valence-corrected chi connectivity index (χ3v) is 0. The average molecular weight is 161 g/mol. The van der Waals surface area contributed by atoms with Crippen LogP contribution in [-0.4, -0.2) is 0 Å². The first-order chi connectivity index (χ1) is 0. The van der Waals surface area contributed by atoms with E-state index in [-0.39, 0.29) is 46.4 Å². The molecular weight excluding hydrogens is 155 g/mol. The summed E-state index contributed by atoms with van der Waals surface area (Å²) in [6, 6.07) is 0. The first kappa shape index (κ1) is 84.5. The van der Waals surface area contributed by atoms with Gasteiger partial charge >= 0.3 is 0 Å². The topological polar surface area (TPSA) is 70.0 Å². The molecule has 0 bridgehead atoms. The van der Waals surface area contributed by atoms with Crippen molar-refractivity contribution in [3.63, 3.8) is 0 Å². The summed E-state index contributed by atoms with van der Waals surface area (Å²) < 4.78 is 0. The molecule has 0 spiro atoms. The molecule has 4 heavy (non-hydrogen) atoms. The van der Waals surface area contributed by atoms with E-state index in [2.05, 4.69) is 0 Å². The van der Waals surface area contributed by atoms with Gasteiger partial charge in [0.25, 0.3) is 0 Å². The Morgan fingerprint density at radius 2 is 0.500 bits per heavy atom. The van der Waals surface area contributed by atoms with Crippen LogP contribution in [0.4, 0.5) is 0 Å². The summed E-state index contributed by atoms with van der Waals surface area (Å²) in [4.78, 5) is 0. The van der Waals surface area contributed by atoms with Crippen molar-refractivity contribution in [3.05, 3.63) is 0 Å². The van der Waals surface area contributed by atoms with Gasteiger partial charge in [-0.3, -0.25) is 0 Å². The van der Waals surface area contributed by atoms with Crippen molar-refractivity contribution >= 4 is 0 Å². The van der Waals surface area contributed by atoms with Crippen LogP contribution in [0.3, 0.4) is 0 Å². The quantitative estimate of drug-likeness (QED) is 0.502. The Labute approximate surface area is 46.8 Å². The van der Waals surface area contributed by atoms with Crippen LogP contribution in [0.25, 0.3) is 0 Å². The standard InChI is InChI=1S/2Cu.2H3N/h;;2*1H3. The molecule has 0 aromatic rings. The van der Waals surface area contributed by atoms with Crippen LogP contribution >= 0.6 is 0 Å². The molecule has 0 heterocycles. The average Bonchev–Trinajstić information content (AvgIpc) is 0. The fourth-order valence-corrected chi connectivity index (χ4v) is 0. The molecule has 0 rings (SSSR count). The summed E-state index contributed by atoms with van der Waals surface area (Å²) in [6.07, 6.45) is 0. The summed E-state index contributed by atoms with van der Waals surface area (Å²) >= 11 is 0. The molecule has 2 radical (unpaired) electrons. The summed E-state index contributed by atoms with van der Waals surface area (Å²) in [7, 11) is 0. The van der Waals surface area contributed by atoms with Gasteiger partial charge in [0, 0.05) is 34.1 Å². The van der Waals surface area contributed by atoms with E-state index >= 15 is 0 Å². The van der Waals surface area contributed by atoms with Gasteiger partial charge in [0.05, 0.1) is 0 Å². The van der Waals surface area contributed by atoms with E-state index in [1.54, 1.807) is 0 Å². The van der Waals surface area contributed by atoms with Gasteiger partial charge in [-0.05, 0) is 0 Å². The van der Waals surface area contributed by atoms with Gasteiger partial charge in [-0.15, -0.1) is 0 Å². The predicted octanol–water partition coefficient (Wildman–Crippen LogP) is 0.319. The minimum absolute atomic E-state index is 0. The van der Waals surface area contributed by atoms with Gasteiger partial charge in [-0.2, -0.15) is 0 Å². The summed E-state index contributed by atoms with van der Waals surface area (Å²) in [6.45, 7) is 0. The first-order valence-electron chi connectivity index (χ1n) is 0. The summed E-state index contributed by atoms with van der Waals surface area (Å²) in [5.74, 6) is 0. The van der Waals surface area contributed by atoms with Crippen LogP contribution in [0.5, 0.6) is 0 Å². The Balaban J connectivity index is 0. The number of hydrogen-bond donors (Lipinski definition) is 2. The van der Waals surface area contributed by atoms with Gasteiger partial charge in [0.2, 0.25) is 0 Å². The van der Waals surface area contributed by atoms with Crippen LogP contribution in [0.15, 0.2) is 0 Å². The Hall–Kier alpha value is 0.959. The molecule has 2 nitrogen and oxygen atoms in total. The molecule has 0 fully saturated rings. The molecule has 0 aromatic carbocycles. The summed E-state index contributed by atoms with van der Waals surface area (Å²) in [5.41, 5.74) is 0. The zero-order valence-electron chi connectivity index (χ0n) is 2.02. The second-order valence-corrected chi connectivity index (χ2v) is 0. The van der Waals surface area contributed by atoms with E-state index in [1.165, 1.54) is 0 Å². The van der Waals surface area contributed by atoms with Crippen molar-refractivity contribution in [1.29, 1.82) is 0 Å². The van der Waals surface area contributed by atoms with Crippen molar-refractivity contribution in [1.82, 2.24) is 12.3 Å². The maximum atomic E-state index is 0. The van der Waals surface area contributed by atoms with Crippen molar-refractivity contribution in [2.75, 3.05) is 0 Å². The van der Waals surface area contributed by atoms with Gasteiger partial charge in [0.1, 0.15) is 0 Å². The zero-order chi connectivity index (χ0) is 0. The van der Waals surface area contributed by atoms with Gasteiger partial charge in [-0.25, -0.2) is 0 Å². The second-order valence-electron chi connectivity index (χ2n) is 0. The smallest absolute Gasteiger partial charge is 0 e. The third-order valence-electron chi connectivity index (χ3n) is 0. The largest absolute Gasteiger partial charge is 0.344 e. The molecule has 0 aliphatic heterocycles. The Morgan fingerprint density at radius 3 is 0.500 bits per heavy atom. The van der Waals surface area contributed by atoms with E-state index in [0.29, 0.717) is 0 Å². The minimum atomic E-state index is 0. The second kappa shape index (κ2) is 37.7.